The van der Waals surface area contributed by atoms with Gasteiger partial charge in [-0.2, -0.15) is 0 Å². The molecule has 0 bridgehead atoms. The van der Waals surface area contributed by atoms with E-state index in [0.29, 0.717) is 55.7 Å². The van der Waals surface area contributed by atoms with Gasteiger partial charge in [-0.25, -0.2) is 24.1 Å². The van der Waals surface area contributed by atoms with Crippen LogP contribution in [0.2, 0.25) is 20.4 Å². The van der Waals surface area contributed by atoms with E-state index in [9.17, 15) is 24.6 Å². The number of aliphatic hydroxyl groups excluding tert-OH is 1. The van der Waals surface area contributed by atoms with Gasteiger partial charge in [-0.15, -0.1) is 10.2 Å². The Bertz CT molecular complexity index is 2620. The molecule has 6 aromatic rings. The van der Waals surface area contributed by atoms with E-state index in [1.165, 1.54) is 32.3 Å². The lowest BCUT2D eigenvalue weighted by Gasteiger charge is -2.16. The second-order valence-corrected chi connectivity index (χ2v) is 14.9. The maximum Gasteiger partial charge on any atom is 0.327 e. The number of hydrogen-bond acceptors (Lipinski definition) is 10. The van der Waals surface area contributed by atoms with E-state index in [0.717, 1.165) is 18.7 Å². The monoisotopic (exact) mass is 792 g/mol. The summed E-state index contributed by atoms with van der Waals surface area (Å²) < 4.78 is 5.91. The number of halogens is 4. The number of aliphatic carboxylic acids is 1. The number of carboxylic acids is 1. The van der Waals surface area contributed by atoms with Gasteiger partial charge >= 0.3 is 5.97 Å². The first-order valence-corrected chi connectivity index (χ1v) is 17.9. The lowest BCUT2D eigenvalue weighted by molar-refractivity contribution is -0.141. The summed E-state index contributed by atoms with van der Waals surface area (Å²) in [5.41, 5.74) is 2.91. The third-order valence-corrected chi connectivity index (χ3v) is 11.0. The molecule has 2 aromatic carbocycles. The predicted octanol–water partition coefficient (Wildman–Crippen LogP) is 4.99. The fourth-order valence-electron chi connectivity index (χ4n) is 7.67. The normalized spacial score (nSPS) is 22.7. The highest BCUT2D eigenvalue weighted by Crippen LogP contribution is 2.59. The molecule has 0 radical (unpaired) electrons. The van der Waals surface area contributed by atoms with Gasteiger partial charge < -0.3 is 10.2 Å². The molecule has 2 aliphatic heterocycles. The van der Waals surface area contributed by atoms with Crippen LogP contribution in [0.5, 0.6) is 0 Å². The first-order chi connectivity index (χ1) is 25.5. The first-order valence-electron chi connectivity index (χ1n) is 16.4. The molecule has 53 heavy (non-hydrogen) atoms. The van der Waals surface area contributed by atoms with Crippen molar-refractivity contribution >= 4 is 52.4 Å². The van der Waals surface area contributed by atoms with Gasteiger partial charge in [0, 0.05) is 51.1 Å². The van der Waals surface area contributed by atoms with Gasteiger partial charge in [-0.1, -0.05) is 56.8 Å². The summed E-state index contributed by atoms with van der Waals surface area (Å²) in [7, 11) is 0. The molecule has 6 atom stereocenters. The smallest absolute Gasteiger partial charge is 0.327 e. The lowest BCUT2D eigenvalue weighted by Crippen LogP contribution is -2.30. The molecule has 2 N–H and O–H groups in total. The van der Waals surface area contributed by atoms with Crippen molar-refractivity contribution in [2.45, 2.75) is 36.8 Å². The van der Waals surface area contributed by atoms with Crippen molar-refractivity contribution in [1.82, 2.24) is 49.1 Å². The first kappa shape index (κ1) is 33.9. The minimum atomic E-state index is -1.00. The molecule has 268 valence electrons. The number of aromatic nitrogens is 10. The molecule has 4 aromatic heterocycles. The second-order valence-electron chi connectivity index (χ2n) is 13.3. The number of carboxylic acid groups (broad SMARTS) is 1. The van der Waals surface area contributed by atoms with E-state index < -0.39 is 17.6 Å². The second kappa shape index (κ2) is 12.6. The average molecular weight is 794 g/mol. The van der Waals surface area contributed by atoms with Crippen molar-refractivity contribution in [3.8, 4) is 33.9 Å². The van der Waals surface area contributed by atoms with Crippen molar-refractivity contribution in [3.63, 3.8) is 0 Å². The van der Waals surface area contributed by atoms with Gasteiger partial charge in [0.15, 0.2) is 10.3 Å². The highest BCUT2D eigenvalue weighted by Gasteiger charge is 2.57. The lowest BCUT2D eigenvalue weighted by atomic mass is 10.1. The van der Waals surface area contributed by atoms with Gasteiger partial charge in [0.1, 0.15) is 17.7 Å². The number of rotatable bonds is 6. The van der Waals surface area contributed by atoms with Gasteiger partial charge in [0.05, 0.1) is 47.8 Å². The average Bonchev–Trinajstić information content (AvgIpc) is 3.90. The minimum absolute atomic E-state index is 0.00204. The predicted molar refractivity (Wildman–Crippen MR) is 192 cm³/mol. The minimum Gasteiger partial charge on any atom is -0.480 e. The van der Waals surface area contributed by atoms with E-state index in [4.69, 9.17) is 51.4 Å². The number of benzene rings is 2. The number of carbonyl (C=O) groups is 1. The fourth-order valence-corrected chi connectivity index (χ4v) is 8.27. The van der Waals surface area contributed by atoms with Crippen molar-refractivity contribution in [3.05, 3.63) is 114 Å². The van der Waals surface area contributed by atoms with Crippen LogP contribution in [0.1, 0.15) is 48.4 Å². The number of fused-ring (bicyclic) bond motifs is 6. The molecule has 2 fully saturated rings. The SMILES string of the molecule is O=C(O)[C@@H]1[C@H]2C[C@H]2c2nc(-c3cc(Cl)ccc3-n3cc(Cl)nn3)cc(=O)n21.O=c1cc(-c2cc(Cl)ccc2-n2cc(Cl)nn2)nc2n1[C@H](CO)[C@H]1C[C@@H]21. The van der Waals surface area contributed by atoms with Crippen molar-refractivity contribution < 1.29 is 15.0 Å². The maximum atomic E-state index is 12.7. The van der Waals surface area contributed by atoms with Gasteiger partial charge in [0.25, 0.3) is 11.1 Å². The fraction of sp³-hybridized carbons (Fsp3) is 0.265. The van der Waals surface area contributed by atoms with Crippen LogP contribution in [0.25, 0.3) is 33.9 Å². The summed E-state index contributed by atoms with van der Waals surface area (Å²) in [5, 5.41) is 36.1. The largest absolute Gasteiger partial charge is 0.480 e. The molecular weight excluding hydrogens is 770 g/mol. The van der Waals surface area contributed by atoms with Crippen molar-refractivity contribution in [2.75, 3.05) is 6.61 Å². The number of aliphatic hydroxyl groups is 1. The summed E-state index contributed by atoms with van der Waals surface area (Å²) in [6, 6.07) is 12.2. The molecule has 4 aliphatic rings. The zero-order valence-electron chi connectivity index (χ0n) is 27.0. The Morgan fingerprint density at radius 2 is 1.21 bits per heavy atom. The van der Waals surface area contributed by atoms with E-state index in [1.54, 1.807) is 47.2 Å². The summed E-state index contributed by atoms with van der Waals surface area (Å²) in [6.45, 7) is -0.0467. The highest BCUT2D eigenvalue weighted by atomic mass is 35.5. The molecule has 15 nitrogen and oxygen atoms in total. The summed E-state index contributed by atoms with van der Waals surface area (Å²) in [6.07, 6.45) is 4.80. The topological polar surface area (TPSA) is 189 Å². The summed E-state index contributed by atoms with van der Waals surface area (Å²) in [5.74, 6) is 0.731. The molecule has 10 rings (SSSR count). The van der Waals surface area contributed by atoms with Crippen molar-refractivity contribution in [1.29, 1.82) is 0 Å². The van der Waals surface area contributed by atoms with Gasteiger partial charge in [-0.3, -0.25) is 18.7 Å². The van der Waals surface area contributed by atoms with Gasteiger partial charge in [0.2, 0.25) is 0 Å². The van der Waals surface area contributed by atoms with Gasteiger partial charge in [-0.05, 0) is 55.2 Å². The van der Waals surface area contributed by atoms with Crippen LogP contribution in [0, 0.1) is 11.8 Å². The van der Waals surface area contributed by atoms with Crippen LogP contribution < -0.4 is 11.1 Å². The zero-order chi connectivity index (χ0) is 36.9. The standard InChI is InChI=1S/C17H11Cl2N5O3.C17H13Cl2N5O2/c18-7-1-2-12(23-6-13(19)21-22-23)10(3-7)11-5-14(25)24-15(17(26)27)8-4-9(8)16(24)20-11;18-8-1-2-13(23-6-15(19)21-22-23)11(3-8)12-5-16(26)24-14(7-25)9-4-10(9)17(24)20-12/h1-3,5-6,8-9,15H,4H2,(H,26,27);1-3,5-6,9-10,14,25H,4,7H2/t8-,9+,15-;9-,10+,14+/m00/s1. The summed E-state index contributed by atoms with van der Waals surface area (Å²) >= 11 is 24.1. The van der Waals surface area contributed by atoms with Crippen LogP contribution >= 0.6 is 46.4 Å². The van der Waals surface area contributed by atoms with E-state index in [2.05, 4.69) is 25.6 Å². The Kier molecular flexibility index (Phi) is 8.05. The number of hydrogen-bond donors (Lipinski definition) is 2. The summed E-state index contributed by atoms with van der Waals surface area (Å²) in [4.78, 5) is 46.3. The third kappa shape index (κ3) is 5.74. The van der Waals surface area contributed by atoms with Crippen LogP contribution in [-0.2, 0) is 4.79 Å². The van der Waals surface area contributed by atoms with E-state index >= 15 is 0 Å². The van der Waals surface area contributed by atoms with Crippen LogP contribution in [-0.4, -0.2) is 71.9 Å². The highest BCUT2D eigenvalue weighted by molar-refractivity contribution is 6.31. The molecule has 2 aliphatic carbocycles. The molecular formula is C34H24Cl4N10O5. The Balaban J connectivity index is 0.000000141. The molecule has 2 saturated carbocycles. The Labute approximate surface area is 318 Å². The zero-order valence-corrected chi connectivity index (χ0v) is 30.0. The molecule has 6 heterocycles. The van der Waals surface area contributed by atoms with Crippen LogP contribution in [0.15, 0.2) is 70.5 Å². The molecule has 0 unspecified atom stereocenters. The van der Waals surface area contributed by atoms with Crippen molar-refractivity contribution in [2.24, 2.45) is 11.8 Å². The van der Waals surface area contributed by atoms with Crippen LogP contribution in [0.3, 0.4) is 0 Å². The maximum absolute atomic E-state index is 12.7. The Morgan fingerprint density at radius 3 is 1.70 bits per heavy atom. The Hall–Kier alpha value is -4.93. The number of nitrogens with zero attached hydrogens (tertiary/aromatic N) is 10. The molecule has 0 saturated heterocycles. The molecule has 0 spiro atoms. The van der Waals surface area contributed by atoms with E-state index in [-0.39, 0.29) is 46.3 Å². The Morgan fingerprint density at radius 1 is 0.717 bits per heavy atom. The third-order valence-electron chi connectivity index (χ3n) is 10.1. The van der Waals surface area contributed by atoms with Crippen LogP contribution in [0.4, 0.5) is 0 Å². The molecule has 0 amide bonds. The van der Waals surface area contributed by atoms with E-state index in [1.807, 2.05) is 0 Å². The quantitative estimate of drug-likeness (QED) is 0.231. The molecule has 19 heteroatoms.